The summed E-state index contributed by atoms with van der Waals surface area (Å²) in [6.45, 7) is 1.47. The minimum atomic E-state index is -0.430. The van der Waals surface area contributed by atoms with Gasteiger partial charge in [-0.1, -0.05) is 35.3 Å². The lowest BCUT2D eigenvalue weighted by Crippen LogP contribution is -2.42. The summed E-state index contributed by atoms with van der Waals surface area (Å²) in [5.41, 5.74) is 4.03. The van der Waals surface area contributed by atoms with Crippen LogP contribution in [0.2, 0.25) is 10.0 Å². The third kappa shape index (κ3) is 4.96. The number of nitrogens with zero attached hydrogens (tertiary/aromatic N) is 1. The van der Waals surface area contributed by atoms with Crippen LogP contribution in [0, 0.1) is 0 Å². The molecule has 0 radical (unpaired) electrons. The molecule has 180 valence electrons. The Balaban J connectivity index is 1.51. The van der Waals surface area contributed by atoms with Gasteiger partial charge in [0.05, 0.1) is 6.61 Å². The molecule has 5 rings (SSSR count). The molecule has 0 aliphatic carbocycles. The Morgan fingerprint density at radius 1 is 0.971 bits per heavy atom. The second-order valence-corrected chi connectivity index (χ2v) is 9.16. The van der Waals surface area contributed by atoms with Crippen LogP contribution in [0.4, 0.5) is 4.79 Å². The van der Waals surface area contributed by atoms with E-state index in [1.807, 2.05) is 42.5 Å². The summed E-state index contributed by atoms with van der Waals surface area (Å²) in [4.78, 5) is 18.6. The summed E-state index contributed by atoms with van der Waals surface area (Å²) >= 11 is 12.3. The van der Waals surface area contributed by atoms with Crippen molar-refractivity contribution in [2.75, 3.05) is 26.9 Å². The summed E-state index contributed by atoms with van der Waals surface area (Å²) in [7, 11) is 1.64. The lowest BCUT2D eigenvalue weighted by Gasteiger charge is -2.35. The minimum absolute atomic E-state index is 0.363. The van der Waals surface area contributed by atoms with Crippen molar-refractivity contribution in [2.45, 2.75) is 12.5 Å². The molecule has 0 bridgehead atoms. The SMILES string of the molecule is COCCOc1ccc(C2c3[nH]c4ccc(Cl)cc4c3CCN2C(=O)Oc2ccc(Cl)cc2)cc1. The Hall–Kier alpha value is -3.19. The number of fused-ring (bicyclic) bond motifs is 3. The number of aromatic nitrogens is 1. The van der Waals surface area contributed by atoms with Crippen LogP contribution < -0.4 is 9.47 Å². The van der Waals surface area contributed by atoms with Crippen molar-refractivity contribution in [3.63, 3.8) is 0 Å². The molecule has 3 aromatic carbocycles. The zero-order valence-corrected chi connectivity index (χ0v) is 20.6. The van der Waals surface area contributed by atoms with E-state index in [0.717, 1.165) is 33.5 Å². The molecule has 6 nitrogen and oxygen atoms in total. The molecule has 1 unspecified atom stereocenters. The molecular formula is C27H24Cl2N2O4. The van der Waals surface area contributed by atoms with Crippen molar-refractivity contribution >= 4 is 40.2 Å². The first kappa shape index (κ1) is 23.5. The van der Waals surface area contributed by atoms with Crippen LogP contribution in [-0.4, -0.2) is 42.8 Å². The first-order valence-corrected chi connectivity index (χ1v) is 12.0. The summed E-state index contributed by atoms with van der Waals surface area (Å²) in [6, 6.07) is 19.9. The standard InChI is InChI=1S/C27H24Cl2N2O4/c1-33-14-15-34-20-7-2-17(3-8-20)26-25-22(23-16-19(29)6-11-24(23)30-25)12-13-31(26)27(32)35-21-9-4-18(28)5-10-21/h2-11,16,26,30H,12-15H2,1H3. The number of carbonyl (C=O) groups is 1. The van der Waals surface area contributed by atoms with E-state index in [0.29, 0.717) is 42.0 Å². The van der Waals surface area contributed by atoms with Gasteiger partial charge in [-0.3, -0.25) is 4.90 Å². The lowest BCUT2D eigenvalue weighted by molar-refractivity contribution is 0.135. The predicted octanol–water partition coefficient (Wildman–Crippen LogP) is 6.65. The van der Waals surface area contributed by atoms with Crippen molar-refractivity contribution in [3.8, 4) is 11.5 Å². The van der Waals surface area contributed by atoms with Crippen molar-refractivity contribution in [1.82, 2.24) is 9.88 Å². The first-order chi connectivity index (χ1) is 17.0. The van der Waals surface area contributed by atoms with Crippen LogP contribution in [0.1, 0.15) is 22.9 Å². The summed E-state index contributed by atoms with van der Waals surface area (Å²) in [5, 5.41) is 2.33. The molecular weight excluding hydrogens is 487 g/mol. The number of benzene rings is 3. The maximum absolute atomic E-state index is 13.4. The molecule has 4 aromatic rings. The van der Waals surface area contributed by atoms with E-state index in [4.69, 9.17) is 37.4 Å². The predicted molar refractivity (Wildman–Crippen MR) is 137 cm³/mol. The number of amides is 1. The number of H-pyrrole nitrogens is 1. The average molecular weight is 511 g/mol. The van der Waals surface area contributed by atoms with Crippen LogP contribution in [-0.2, 0) is 11.2 Å². The number of rotatable bonds is 6. The molecule has 8 heteroatoms. The van der Waals surface area contributed by atoms with Gasteiger partial charge in [0.25, 0.3) is 0 Å². The van der Waals surface area contributed by atoms with Gasteiger partial charge >= 0.3 is 6.09 Å². The van der Waals surface area contributed by atoms with Crippen molar-refractivity contribution in [3.05, 3.63) is 93.6 Å². The van der Waals surface area contributed by atoms with Crippen LogP contribution >= 0.6 is 23.2 Å². The van der Waals surface area contributed by atoms with E-state index < -0.39 is 6.09 Å². The summed E-state index contributed by atoms with van der Waals surface area (Å²) in [6.07, 6.45) is 0.250. The highest BCUT2D eigenvalue weighted by Crippen LogP contribution is 2.40. The molecule has 1 N–H and O–H groups in total. The van der Waals surface area contributed by atoms with Crippen LogP contribution in [0.3, 0.4) is 0 Å². The van der Waals surface area contributed by atoms with E-state index in [-0.39, 0.29) is 6.04 Å². The molecule has 0 saturated heterocycles. The van der Waals surface area contributed by atoms with Gasteiger partial charge in [-0.15, -0.1) is 0 Å². The highest BCUT2D eigenvalue weighted by Gasteiger charge is 2.35. The molecule has 0 spiro atoms. The number of hydrogen-bond donors (Lipinski definition) is 1. The molecule has 35 heavy (non-hydrogen) atoms. The second kappa shape index (κ2) is 10.2. The topological polar surface area (TPSA) is 63.8 Å². The smallest absolute Gasteiger partial charge is 0.416 e. The highest BCUT2D eigenvalue weighted by atomic mass is 35.5. The van der Waals surface area contributed by atoms with Gasteiger partial charge in [-0.05, 0) is 72.1 Å². The van der Waals surface area contributed by atoms with Gasteiger partial charge in [0.2, 0.25) is 0 Å². The van der Waals surface area contributed by atoms with E-state index >= 15 is 0 Å². The molecule has 1 aliphatic rings. The summed E-state index contributed by atoms with van der Waals surface area (Å²) in [5.74, 6) is 1.18. The monoisotopic (exact) mass is 510 g/mol. The van der Waals surface area contributed by atoms with Gasteiger partial charge < -0.3 is 19.2 Å². The van der Waals surface area contributed by atoms with Gasteiger partial charge in [-0.2, -0.15) is 0 Å². The van der Waals surface area contributed by atoms with Gasteiger partial charge in [0.15, 0.2) is 0 Å². The maximum atomic E-state index is 13.4. The van der Waals surface area contributed by atoms with Crippen LogP contribution in [0.15, 0.2) is 66.7 Å². The Morgan fingerprint density at radius 2 is 1.69 bits per heavy atom. The van der Waals surface area contributed by atoms with Crippen LogP contribution in [0.25, 0.3) is 10.9 Å². The molecule has 1 aliphatic heterocycles. The molecule has 0 fully saturated rings. The number of methoxy groups -OCH3 is 1. The zero-order chi connectivity index (χ0) is 24.4. The van der Waals surface area contributed by atoms with E-state index in [9.17, 15) is 4.79 Å². The highest BCUT2D eigenvalue weighted by molar-refractivity contribution is 6.31. The molecule has 1 amide bonds. The fourth-order valence-electron chi connectivity index (χ4n) is 4.46. The summed E-state index contributed by atoms with van der Waals surface area (Å²) < 4.78 is 16.5. The molecule has 0 saturated carbocycles. The van der Waals surface area contributed by atoms with E-state index in [1.165, 1.54) is 0 Å². The first-order valence-electron chi connectivity index (χ1n) is 11.3. The number of nitrogens with one attached hydrogen (secondary N) is 1. The number of aromatic amines is 1. The van der Waals surface area contributed by atoms with Crippen molar-refractivity contribution in [1.29, 1.82) is 0 Å². The Kier molecular flexibility index (Phi) is 6.86. The normalized spacial score (nSPS) is 15.2. The van der Waals surface area contributed by atoms with Crippen molar-refractivity contribution < 1.29 is 19.0 Å². The lowest BCUT2D eigenvalue weighted by atomic mass is 9.92. The zero-order valence-electron chi connectivity index (χ0n) is 19.1. The largest absolute Gasteiger partial charge is 0.491 e. The maximum Gasteiger partial charge on any atom is 0.416 e. The third-order valence-corrected chi connectivity index (χ3v) is 6.58. The molecule has 2 heterocycles. The van der Waals surface area contributed by atoms with E-state index in [1.54, 1.807) is 36.3 Å². The number of hydrogen-bond acceptors (Lipinski definition) is 4. The molecule has 1 aromatic heterocycles. The number of ether oxygens (including phenoxy) is 3. The number of carbonyl (C=O) groups excluding carboxylic acids is 1. The fourth-order valence-corrected chi connectivity index (χ4v) is 4.75. The van der Waals surface area contributed by atoms with Crippen LogP contribution in [0.5, 0.6) is 11.5 Å². The Bertz CT molecular complexity index is 1340. The van der Waals surface area contributed by atoms with Gasteiger partial charge in [-0.25, -0.2) is 4.79 Å². The minimum Gasteiger partial charge on any atom is -0.491 e. The van der Waals surface area contributed by atoms with Gasteiger partial charge in [0.1, 0.15) is 24.1 Å². The molecule has 1 atom stereocenters. The average Bonchev–Trinajstić information content (AvgIpc) is 3.23. The quantitative estimate of drug-likeness (QED) is 0.295. The van der Waals surface area contributed by atoms with Gasteiger partial charge in [0, 0.05) is 40.3 Å². The Morgan fingerprint density at radius 3 is 2.43 bits per heavy atom. The fraction of sp³-hybridized carbons (Fsp3) is 0.222. The Labute approximate surface area is 213 Å². The van der Waals surface area contributed by atoms with Crippen molar-refractivity contribution in [2.24, 2.45) is 0 Å². The van der Waals surface area contributed by atoms with E-state index in [2.05, 4.69) is 4.98 Å². The number of halogens is 2. The second-order valence-electron chi connectivity index (χ2n) is 8.29. The third-order valence-electron chi connectivity index (χ3n) is 6.09.